The number of rotatable bonds is 3. The van der Waals surface area contributed by atoms with Crippen LogP contribution in [0.1, 0.15) is 18.7 Å². The predicted molar refractivity (Wildman–Crippen MR) is 103 cm³/mol. The SMILES string of the molecule is Cc1nnc2ccc(N3CCC[C@H](C(=O)Nc4ccc(Br)cc4)C3)nn12. The van der Waals surface area contributed by atoms with E-state index in [0.29, 0.717) is 6.54 Å². The molecule has 3 heterocycles. The van der Waals surface area contributed by atoms with Crippen LogP contribution in [-0.4, -0.2) is 38.8 Å². The molecule has 0 aliphatic carbocycles. The van der Waals surface area contributed by atoms with Crippen LogP contribution in [0.15, 0.2) is 40.9 Å². The first-order chi connectivity index (χ1) is 12.6. The van der Waals surface area contributed by atoms with Gasteiger partial charge in [0.2, 0.25) is 5.91 Å². The molecule has 1 N–H and O–H groups in total. The molecular formula is C18H19BrN6O. The van der Waals surface area contributed by atoms with Gasteiger partial charge in [-0.15, -0.1) is 15.3 Å². The third kappa shape index (κ3) is 3.41. The molecule has 1 atom stereocenters. The number of carbonyl (C=O) groups is 1. The Hall–Kier alpha value is -2.48. The molecule has 7 nitrogen and oxygen atoms in total. The quantitative estimate of drug-likeness (QED) is 0.712. The number of nitrogens with zero attached hydrogens (tertiary/aromatic N) is 5. The molecule has 0 unspecified atom stereocenters. The van der Waals surface area contributed by atoms with Gasteiger partial charge in [-0.1, -0.05) is 15.9 Å². The van der Waals surface area contributed by atoms with Crippen LogP contribution in [0.25, 0.3) is 5.65 Å². The van der Waals surface area contributed by atoms with E-state index in [1.54, 1.807) is 4.52 Å². The Balaban J connectivity index is 1.48. The number of nitrogens with one attached hydrogen (secondary N) is 1. The first-order valence-electron chi connectivity index (χ1n) is 8.60. The van der Waals surface area contributed by atoms with Gasteiger partial charge in [0, 0.05) is 23.2 Å². The third-order valence-corrected chi connectivity index (χ3v) is 5.16. The molecule has 4 rings (SSSR count). The molecule has 0 radical (unpaired) electrons. The molecule has 0 bridgehead atoms. The van der Waals surface area contributed by atoms with Crippen molar-refractivity contribution in [3.05, 3.63) is 46.7 Å². The van der Waals surface area contributed by atoms with Crippen molar-refractivity contribution in [2.45, 2.75) is 19.8 Å². The highest BCUT2D eigenvalue weighted by atomic mass is 79.9. The zero-order chi connectivity index (χ0) is 18.1. The van der Waals surface area contributed by atoms with E-state index < -0.39 is 0 Å². The maximum Gasteiger partial charge on any atom is 0.229 e. The van der Waals surface area contributed by atoms with Crippen LogP contribution in [0.4, 0.5) is 11.5 Å². The molecule has 1 saturated heterocycles. The topological polar surface area (TPSA) is 75.4 Å². The Labute approximate surface area is 159 Å². The number of anilines is 2. The van der Waals surface area contributed by atoms with Crippen molar-refractivity contribution in [1.82, 2.24) is 19.8 Å². The van der Waals surface area contributed by atoms with E-state index in [1.165, 1.54) is 0 Å². The Morgan fingerprint density at radius 1 is 1.19 bits per heavy atom. The largest absolute Gasteiger partial charge is 0.354 e. The van der Waals surface area contributed by atoms with E-state index in [4.69, 9.17) is 0 Å². The van der Waals surface area contributed by atoms with Gasteiger partial charge in [0.15, 0.2) is 11.5 Å². The smallest absolute Gasteiger partial charge is 0.229 e. The lowest BCUT2D eigenvalue weighted by atomic mass is 9.97. The second-order valence-electron chi connectivity index (χ2n) is 6.49. The van der Waals surface area contributed by atoms with Crippen LogP contribution in [0.3, 0.4) is 0 Å². The highest BCUT2D eigenvalue weighted by molar-refractivity contribution is 9.10. The fourth-order valence-electron chi connectivity index (χ4n) is 3.23. The minimum atomic E-state index is -0.0631. The number of carbonyl (C=O) groups excluding carboxylic acids is 1. The number of benzene rings is 1. The average molecular weight is 415 g/mol. The number of hydrogen-bond donors (Lipinski definition) is 1. The van der Waals surface area contributed by atoms with Crippen molar-refractivity contribution in [2.75, 3.05) is 23.3 Å². The van der Waals surface area contributed by atoms with Gasteiger partial charge in [0.1, 0.15) is 5.82 Å². The normalized spacial score (nSPS) is 17.5. The van der Waals surface area contributed by atoms with Crippen LogP contribution in [0.5, 0.6) is 0 Å². The standard InChI is InChI=1S/C18H19BrN6O/c1-12-21-22-16-8-9-17(23-25(12)16)24-10-2-3-13(11-24)18(26)20-15-6-4-14(19)5-7-15/h4-9,13H,2-3,10-11H2,1H3,(H,20,26)/t13-/m0/s1. The lowest BCUT2D eigenvalue weighted by Crippen LogP contribution is -2.41. The predicted octanol–water partition coefficient (Wildman–Crippen LogP) is 3.05. The van der Waals surface area contributed by atoms with Crippen molar-refractivity contribution in [3.63, 3.8) is 0 Å². The minimum Gasteiger partial charge on any atom is -0.354 e. The molecule has 1 fully saturated rings. The lowest BCUT2D eigenvalue weighted by Gasteiger charge is -2.32. The maximum atomic E-state index is 12.7. The summed E-state index contributed by atoms with van der Waals surface area (Å²) in [7, 11) is 0. The van der Waals surface area contributed by atoms with E-state index >= 15 is 0 Å². The van der Waals surface area contributed by atoms with Crippen LogP contribution >= 0.6 is 15.9 Å². The Kier molecular flexibility index (Phi) is 4.58. The van der Waals surface area contributed by atoms with Crippen molar-refractivity contribution >= 4 is 39.0 Å². The van der Waals surface area contributed by atoms with Crippen LogP contribution in [0, 0.1) is 12.8 Å². The van der Waals surface area contributed by atoms with Crippen LogP contribution in [0.2, 0.25) is 0 Å². The molecule has 1 amide bonds. The second kappa shape index (κ2) is 7.03. The summed E-state index contributed by atoms with van der Waals surface area (Å²) >= 11 is 3.40. The number of aromatic nitrogens is 4. The van der Waals surface area contributed by atoms with Crippen molar-refractivity contribution in [3.8, 4) is 0 Å². The number of aryl methyl sites for hydroxylation is 1. The summed E-state index contributed by atoms with van der Waals surface area (Å²) in [6.45, 7) is 3.42. The number of piperidine rings is 1. The fourth-order valence-corrected chi connectivity index (χ4v) is 3.50. The molecule has 3 aromatic rings. The van der Waals surface area contributed by atoms with Gasteiger partial charge in [0.05, 0.1) is 5.92 Å². The van der Waals surface area contributed by atoms with E-state index in [9.17, 15) is 4.79 Å². The summed E-state index contributed by atoms with van der Waals surface area (Å²) in [5, 5.41) is 15.7. The monoisotopic (exact) mass is 414 g/mol. The van der Waals surface area contributed by atoms with Gasteiger partial charge in [0.25, 0.3) is 0 Å². The Morgan fingerprint density at radius 3 is 2.81 bits per heavy atom. The van der Waals surface area contributed by atoms with Crippen molar-refractivity contribution in [2.24, 2.45) is 5.92 Å². The van der Waals surface area contributed by atoms with Crippen molar-refractivity contribution < 1.29 is 4.79 Å². The number of hydrogen-bond acceptors (Lipinski definition) is 5. The van der Waals surface area contributed by atoms with Crippen molar-refractivity contribution in [1.29, 1.82) is 0 Å². The van der Waals surface area contributed by atoms with Gasteiger partial charge < -0.3 is 10.2 Å². The van der Waals surface area contributed by atoms with Gasteiger partial charge >= 0.3 is 0 Å². The Bertz CT molecular complexity index is 939. The zero-order valence-electron chi connectivity index (χ0n) is 14.4. The maximum absolute atomic E-state index is 12.7. The number of fused-ring (bicyclic) bond motifs is 1. The first kappa shape index (κ1) is 17.0. The molecule has 0 spiro atoms. The van der Waals surface area contributed by atoms with Gasteiger partial charge in [-0.3, -0.25) is 4.79 Å². The van der Waals surface area contributed by atoms with E-state index in [0.717, 1.165) is 46.8 Å². The fraction of sp³-hybridized carbons (Fsp3) is 0.333. The molecule has 1 aliphatic heterocycles. The minimum absolute atomic E-state index is 0.0542. The summed E-state index contributed by atoms with van der Waals surface area (Å²) in [6, 6.07) is 11.5. The van der Waals surface area contributed by atoms with E-state index in [2.05, 4.69) is 41.4 Å². The van der Waals surface area contributed by atoms with Crippen LogP contribution in [-0.2, 0) is 4.79 Å². The molecule has 2 aromatic heterocycles. The summed E-state index contributed by atoms with van der Waals surface area (Å²) in [6.07, 6.45) is 1.84. The summed E-state index contributed by atoms with van der Waals surface area (Å²) in [5.74, 6) is 1.59. The van der Waals surface area contributed by atoms with Gasteiger partial charge in [-0.25, -0.2) is 0 Å². The number of amides is 1. The van der Waals surface area contributed by atoms with E-state index in [1.807, 2.05) is 43.3 Å². The van der Waals surface area contributed by atoms with E-state index in [-0.39, 0.29) is 11.8 Å². The lowest BCUT2D eigenvalue weighted by molar-refractivity contribution is -0.120. The highest BCUT2D eigenvalue weighted by Gasteiger charge is 2.27. The van der Waals surface area contributed by atoms with Gasteiger partial charge in [-0.2, -0.15) is 4.52 Å². The van der Waals surface area contributed by atoms with Crippen LogP contribution < -0.4 is 10.2 Å². The molecule has 1 aliphatic rings. The summed E-state index contributed by atoms with van der Waals surface area (Å²) < 4.78 is 2.73. The number of halogens is 1. The molecule has 8 heteroatoms. The average Bonchev–Trinajstić information content (AvgIpc) is 3.04. The molecule has 134 valence electrons. The highest BCUT2D eigenvalue weighted by Crippen LogP contribution is 2.23. The second-order valence-corrected chi connectivity index (χ2v) is 7.41. The molecule has 0 saturated carbocycles. The first-order valence-corrected chi connectivity index (χ1v) is 9.40. The zero-order valence-corrected chi connectivity index (χ0v) is 16.0. The summed E-state index contributed by atoms with van der Waals surface area (Å²) in [5.41, 5.74) is 1.54. The third-order valence-electron chi connectivity index (χ3n) is 4.63. The molecule has 1 aromatic carbocycles. The van der Waals surface area contributed by atoms with Gasteiger partial charge in [-0.05, 0) is 56.2 Å². The Morgan fingerprint density at radius 2 is 2.00 bits per heavy atom. The summed E-state index contributed by atoms with van der Waals surface area (Å²) in [4.78, 5) is 14.8. The molecule has 26 heavy (non-hydrogen) atoms. The molecular weight excluding hydrogens is 396 g/mol.